The predicted molar refractivity (Wildman–Crippen MR) is 83.5 cm³/mol. The zero-order valence-electron chi connectivity index (χ0n) is 12.8. The maximum atomic E-state index is 6.61. The zero-order valence-corrected chi connectivity index (χ0v) is 13.6. The molecule has 0 atom stereocenters. The van der Waals surface area contributed by atoms with Gasteiger partial charge in [-0.3, -0.25) is 0 Å². The molecule has 3 heteroatoms. The van der Waals surface area contributed by atoms with E-state index in [1.807, 2.05) is 0 Å². The van der Waals surface area contributed by atoms with Crippen molar-refractivity contribution in [2.24, 2.45) is 17.1 Å². The Morgan fingerprint density at radius 3 is 2.53 bits per heavy atom. The lowest BCUT2D eigenvalue weighted by atomic mass is 9.65. The van der Waals surface area contributed by atoms with E-state index in [2.05, 4.69) is 38.1 Å². The fraction of sp³-hybridized carbons (Fsp3) is 0.812. The van der Waals surface area contributed by atoms with E-state index in [1.165, 1.54) is 24.3 Å². The van der Waals surface area contributed by atoms with Gasteiger partial charge in [0.1, 0.15) is 0 Å². The van der Waals surface area contributed by atoms with Crippen molar-refractivity contribution < 1.29 is 0 Å². The Balaban J connectivity index is 1.94. The summed E-state index contributed by atoms with van der Waals surface area (Å²) in [4.78, 5) is 4.57. The number of nitrogens with zero attached hydrogens (tertiary/aromatic N) is 1. The maximum absolute atomic E-state index is 6.61. The third-order valence-electron chi connectivity index (χ3n) is 5.17. The summed E-state index contributed by atoms with van der Waals surface area (Å²) in [5.74, 6) is 0.840. The fourth-order valence-corrected chi connectivity index (χ4v) is 4.15. The molecule has 0 spiro atoms. The molecule has 108 valence electrons. The first-order chi connectivity index (χ1) is 8.85. The lowest BCUT2D eigenvalue weighted by Crippen LogP contribution is -2.47. The lowest BCUT2D eigenvalue weighted by Gasteiger charge is -2.43. The summed E-state index contributed by atoms with van der Waals surface area (Å²) in [7, 11) is 0. The molecule has 1 saturated carbocycles. The molecule has 0 amide bonds. The smallest absolute Gasteiger partial charge is 0.0946 e. The second kappa shape index (κ2) is 5.53. The normalized spacial score (nSPS) is 28.6. The van der Waals surface area contributed by atoms with Gasteiger partial charge in [-0.1, -0.05) is 27.2 Å². The maximum Gasteiger partial charge on any atom is 0.0946 e. The van der Waals surface area contributed by atoms with Crippen LogP contribution >= 0.6 is 11.3 Å². The van der Waals surface area contributed by atoms with E-state index >= 15 is 0 Å². The predicted octanol–water partition coefficient (Wildman–Crippen LogP) is 4.32. The van der Waals surface area contributed by atoms with Crippen molar-refractivity contribution in [1.82, 2.24) is 4.98 Å². The fourth-order valence-electron chi connectivity index (χ4n) is 3.22. The van der Waals surface area contributed by atoms with Gasteiger partial charge >= 0.3 is 0 Å². The SMILES string of the molecule is CCC(C)(C)C1CCC(N)(Cc2nc(C)cs2)CC1. The van der Waals surface area contributed by atoms with E-state index in [0.29, 0.717) is 5.41 Å². The Kier molecular flexibility index (Phi) is 4.36. The van der Waals surface area contributed by atoms with Gasteiger partial charge in [0.2, 0.25) is 0 Å². The van der Waals surface area contributed by atoms with Crippen molar-refractivity contribution in [2.75, 3.05) is 0 Å². The number of hydrogen-bond donors (Lipinski definition) is 1. The summed E-state index contributed by atoms with van der Waals surface area (Å²) in [6.07, 6.45) is 7.09. The van der Waals surface area contributed by atoms with Gasteiger partial charge in [0, 0.05) is 23.0 Å². The first kappa shape index (κ1) is 15.0. The second-order valence-electron chi connectivity index (χ2n) is 7.04. The third-order valence-corrected chi connectivity index (χ3v) is 6.13. The molecule has 0 aromatic carbocycles. The van der Waals surface area contributed by atoms with Gasteiger partial charge < -0.3 is 5.73 Å². The summed E-state index contributed by atoms with van der Waals surface area (Å²) < 4.78 is 0. The summed E-state index contributed by atoms with van der Waals surface area (Å²) in [5, 5.41) is 3.35. The molecular formula is C16H28N2S. The van der Waals surface area contributed by atoms with Crippen LogP contribution in [0.1, 0.15) is 63.6 Å². The number of hydrogen-bond acceptors (Lipinski definition) is 3. The Labute approximate surface area is 121 Å². The molecule has 1 aromatic rings. The minimum Gasteiger partial charge on any atom is -0.325 e. The molecule has 2 N–H and O–H groups in total. The molecule has 2 nitrogen and oxygen atoms in total. The standard InChI is InChI=1S/C16H28N2S/c1-5-15(3,4)13-6-8-16(17,9-7-13)10-14-18-12(2)11-19-14/h11,13H,5-10,17H2,1-4H3. The van der Waals surface area contributed by atoms with Gasteiger partial charge in [-0.05, 0) is 43.9 Å². The van der Waals surface area contributed by atoms with Crippen molar-refractivity contribution in [2.45, 2.75) is 71.8 Å². The van der Waals surface area contributed by atoms with Crippen LogP contribution in [0.5, 0.6) is 0 Å². The molecule has 0 unspecified atom stereocenters. The lowest BCUT2D eigenvalue weighted by molar-refractivity contribution is 0.115. The molecule has 1 heterocycles. The summed E-state index contributed by atoms with van der Waals surface area (Å²) in [5.41, 5.74) is 8.21. The van der Waals surface area contributed by atoms with Gasteiger partial charge in [-0.2, -0.15) is 0 Å². The van der Waals surface area contributed by atoms with E-state index in [1.54, 1.807) is 11.3 Å². The van der Waals surface area contributed by atoms with Crippen LogP contribution < -0.4 is 5.73 Å². The largest absolute Gasteiger partial charge is 0.325 e. The van der Waals surface area contributed by atoms with Crippen LogP contribution in [-0.2, 0) is 6.42 Å². The van der Waals surface area contributed by atoms with Crippen LogP contribution in [-0.4, -0.2) is 10.5 Å². The van der Waals surface area contributed by atoms with Crippen LogP contribution in [0.4, 0.5) is 0 Å². The minimum absolute atomic E-state index is 0.00931. The van der Waals surface area contributed by atoms with E-state index in [4.69, 9.17) is 5.73 Å². The summed E-state index contributed by atoms with van der Waals surface area (Å²) >= 11 is 1.76. The van der Waals surface area contributed by atoms with Crippen LogP contribution in [0.3, 0.4) is 0 Å². The monoisotopic (exact) mass is 280 g/mol. The molecular weight excluding hydrogens is 252 g/mol. The molecule has 2 rings (SSSR count). The Bertz CT molecular complexity index is 414. The molecule has 0 radical (unpaired) electrons. The highest BCUT2D eigenvalue weighted by molar-refractivity contribution is 7.09. The van der Waals surface area contributed by atoms with E-state index in [0.717, 1.165) is 30.9 Å². The number of rotatable bonds is 4. The van der Waals surface area contributed by atoms with E-state index < -0.39 is 0 Å². The van der Waals surface area contributed by atoms with Crippen LogP contribution in [0.25, 0.3) is 0 Å². The number of aromatic nitrogens is 1. The number of nitrogens with two attached hydrogens (primary N) is 1. The Morgan fingerprint density at radius 2 is 2.05 bits per heavy atom. The molecule has 1 aromatic heterocycles. The molecule has 0 bridgehead atoms. The quantitative estimate of drug-likeness (QED) is 0.892. The third kappa shape index (κ3) is 3.57. The van der Waals surface area contributed by atoms with Gasteiger partial charge in [0.05, 0.1) is 5.01 Å². The van der Waals surface area contributed by atoms with E-state index in [-0.39, 0.29) is 5.54 Å². The summed E-state index contributed by atoms with van der Waals surface area (Å²) in [6.45, 7) is 9.18. The van der Waals surface area contributed by atoms with Gasteiger partial charge in [0.15, 0.2) is 0 Å². The molecule has 1 aliphatic rings. The van der Waals surface area contributed by atoms with Crippen molar-refractivity contribution in [3.05, 3.63) is 16.1 Å². The molecule has 1 aliphatic carbocycles. The topological polar surface area (TPSA) is 38.9 Å². The van der Waals surface area contributed by atoms with Crippen molar-refractivity contribution >= 4 is 11.3 Å². The first-order valence-corrected chi connectivity index (χ1v) is 8.42. The highest BCUT2D eigenvalue weighted by Gasteiger charge is 2.37. The molecule has 19 heavy (non-hydrogen) atoms. The molecule has 0 aliphatic heterocycles. The average Bonchev–Trinajstić information content (AvgIpc) is 2.74. The van der Waals surface area contributed by atoms with Gasteiger partial charge in [-0.25, -0.2) is 4.98 Å². The van der Waals surface area contributed by atoms with Crippen molar-refractivity contribution in [3.8, 4) is 0 Å². The highest BCUT2D eigenvalue weighted by Crippen LogP contribution is 2.43. The Hall–Kier alpha value is -0.410. The number of thiazole rings is 1. The molecule has 0 saturated heterocycles. The van der Waals surface area contributed by atoms with Crippen molar-refractivity contribution in [1.29, 1.82) is 0 Å². The Morgan fingerprint density at radius 1 is 1.42 bits per heavy atom. The van der Waals surface area contributed by atoms with Gasteiger partial charge in [-0.15, -0.1) is 11.3 Å². The van der Waals surface area contributed by atoms with Crippen LogP contribution in [0, 0.1) is 18.3 Å². The first-order valence-electron chi connectivity index (χ1n) is 7.54. The zero-order chi connectivity index (χ0) is 14.1. The second-order valence-corrected chi connectivity index (χ2v) is 7.98. The minimum atomic E-state index is -0.00931. The van der Waals surface area contributed by atoms with Gasteiger partial charge in [0.25, 0.3) is 0 Å². The number of aryl methyl sites for hydroxylation is 1. The average molecular weight is 280 g/mol. The van der Waals surface area contributed by atoms with Crippen LogP contribution in [0.15, 0.2) is 5.38 Å². The van der Waals surface area contributed by atoms with Crippen LogP contribution in [0.2, 0.25) is 0 Å². The molecule has 1 fully saturated rings. The highest BCUT2D eigenvalue weighted by atomic mass is 32.1. The van der Waals surface area contributed by atoms with E-state index in [9.17, 15) is 0 Å². The summed E-state index contributed by atoms with van der Waals surface area (Å²) in [6, 6.07) is 0. The van der Waals surface area contributed by atoms with Crippen molar-refractivity contribution in [3.63, 3.8) is 0 Å².